The highest BCUT2D eigenvalue weighted by atomic mass is 19.1. The van der Waals surface area contributed by atoms with Crippen LogP contribution in [0, 0.1) is 11.6 Å². The van der Waals surface area contributed by atoms with Gasteiger partial charge in [-0.05, 0) is 18.6 Å². The fourth-order valence-corrected chi connectivity index (χ4v) is 2.74. The van der Waals surface area contributed by atoms with Crippen molar-refractivity contribution in [3.8, 4) is 0 Å². The van der Waals surface area contributed by atoms with Crippen molar-refractivity contribution < 1.29 is 18.3 Å². The second-order valence-corrected chi connectivity index (χ2v) is 5.15. The molecule has 6 heteroatoms. The van der Waals surface area contributed by atoms with Gasteiger partial charge in [-0.3, -0.25) is 10.1 Å². The van der Waals surface area contributed by atoms with Crippen LogP contribution in [0.2, 0.25) is 0 Å². The van der Waals surface area contributed by atoms with Gasteiger partial charge < -0.3 is 9.64 Å². The summed E-state index contributed by atoms with van der Waals surface area (Å²) in [7, 11) is 1.57. The van der Waals surface area contributed by atoms with Crippen LogP contribution in [-0.4, -0.2) is 37.1 Å². The molecule has 1 aromatic carbocycles. The number of carbonyl (C=O) groups is 1. The van der Waals surface area contributed by atoms with Crippen molar-refractivity contribution in [3.63, 3.8) is 0 Å². The van der Waals surface area contributed by atoms with Crippen molar-refractivity contribution in [2.75, 3.05) is 20.3 Å². The van der Waals surface area contributed by atoms with Crippen molar-refractivity contribution in [2.45, 2.75) is 32.0 Å². The van der Waals surface area contributed by atoms with Crippen molar-refractivity contribution in [2.24, 2.45) is 0 Å². The van der Waals surface area contributed by atoms with E-state index in [1.165, 1.54) is 12.1 Å². The fraction of sp³-hybridized carbons (Fsp3) is 0.533. The van der Waals surface area contributed by atoms with Gasteiger partial charge in [0.05, 0.1) is 19.2 Å². The summed E-state index contributed by atoms with van der Waals surface area (Å²) in [5, 5.41) is 2.99. The molecular weight excluding hydrogens is 278 g/mol. The van der Waals surface area contributed by atoms with Gasteiger partial charge in [0, 0.05) is 18.7 Å². The number of hydrogen-bond acceptors (Lipinski definition) is 3. The maximum atomic E-state index is 14.0. The highest BCUT2D eigenvalue weighted by Crippen LogP contribution is 2.28. The first-order chi connectivity index (χ1) is 10.1. The van der Waals surface area contributed by atoms with E-state index >= 15 is 0 Å². The normalized spacial score (nSPS) is 20.1. The van der Waals surface area contributed by atoms with Crippen LogP contribution < -0.4 is 5.32 Å². The molecule has 1 N–H and O–H groups in total. The van der Waals surface area contributed by atoms with Gasteiger partial charge in [0.25, 0.3) is 0 Å². The first-order valence-electron chi connectivity index (χ1n) is 7.07. The Hall–Kier alpha value is -1.53. The van der Waals surface area contributed by atoms with E-state index in [0.717, 1.165) is 18.9 Å². The lowest BCUT2D eigenvalue weighted by Crippen LogP contribution is -2.42. The van der Waals surface area contributed by atoms with Crippen LogP contribution in [0.25, 0.3) is 0 Å². The topological polar surface area (TPSA) is 41.6 Å². The largest absolute Gasteiger partial charge is 0.383 e. The van der Waals surface area contributed by atoms with Gasteiger partial charge in [-0.15, -0.1) is 0 Å². The zero-order chi connectivity index (χ0) is 15.4. The van der Waals surface area contributed by atoms with E-state index in [2.05, 4.69) is 5.32 Å². The molecule has 1 amide bonds. The standard InChI is InChI=1S/C15H20F2N2O2/c1-3-4-11(9-21-2)19-14(20)8-18-15(19)12-6-5-10(16)7-13(12)17/h5-7,11,15,18H,3-4,8-9H2,1-2H3. The van der Waals surface area contributed by atoms with Crippen LogP contribution in [0.1, 0.15) is 31.5 Å². The average molecular weight is 298 g/mol. The molecule has 1 aliphatic heterocycles. The van der Waals surface area contributed by atoms with Crippen LogP contribution in [0.3, 0.4) is 0 Å². The second kappa shape index (κ2) is 6.95. The molecule has 2 unspecified atom stereocenters. The van der Waals surface area contributed by atoms with Crippen molar-refractivity contribution in [1.29, 1.82) is 0 Å². The number of methoxy groups -OCH3 is 1. The molecule has 1 aromatic rings. The predicted molar refractivity (Wildman–Crippen MR) is 74.5 cm³/mol. The molecule has 1 saturated heterocycles. The third-order valence-electron chi connectivity index (χ3n) is 3.64. The molecule has 21 heavy (non-hydrogen) atoms. The molecule has 0 aliphatic carbocycles. The number of hydrogen-bond donors (Lipinski definition) is 1. The first-order valence-corrected chi connectivity index (χ1v) is 7.07. The van der Waals surface area contributed by atoms with Gasteiger partial charge >= 0.3 is 0 Å². The third-order valence-corrected chi connectivity index (χ3v) is 3.64. The Balaban J connectivity index is 2.30. The van der Waals surface area contributed by atoms with E-state index in [0.29, 0.717) is 6.61 Å². The highest BCUT2D eigenvalue weighted by Gasteiger charge is 2.37. The number of benzene rings is 1. The summed E-state index contributed by atoms with van der Waals surface area (Å²) in [4.78, 5) is 13.8. The number of rotatable bonds is 6. The number of nitrogens with one attached hydrogen (secondary N) is 1. The maximum absolute atomic E-state index is 14.0. The molecule has 2 rings (SSSR count). The zero-order valence-corrected chi connectivity index (χ0v) is 12.2. The van der Waals surface area contributed by atoms with Crippen LogP contribution in [-0.2, 0) is 9.53 Å². The lowest BCUT2D eigenvalue weighted by atomic mass is 10.1. The predicted octanol–water partition coefficient (Wildman–Crippen LogP) is 2.21. The Morgan fingerprint density at radius 2 is 2.24 bits per heavy atom. The molecule has 0 spiro atoms. The van der Waals surface area contributed by atoms with Gasteiger partial charge in [-0.25, -0.2) is 8.78 Å². The number of amides is 1. The van der Waals surface area contributed by atoms with Crippen molar-refractivity contribution in [1.82, 2.24) is 10.2 Å². The second-order valence-electron chi connectivity index (χ2n) is 5.15. The molecule has 0 saturated carbocycles. The summed E-state index contributed by atoms with van der Waals surface area (Å²) in [5.74, 6) is -1.38. The maximum Gasteiger partial charge on any atom is 0.238 e. The lowest BCUT2D eigenvalue weighted by molar-refractivity contribution is -0.131. The number of nitrogens with zero attached hydrogens (tertiary/aromatic N) is 1. The molecule has 1 fully saturated rings. The minimum atomic E-state index is -0.653. The number of ether oxygens (including phenoxy) is 1. The molecule has 0 aromatic heterocycles. The summed E-state index contributed by atoms with van der Waals surface area (Å²) in [6, 6.07) is 3.29. The Kier molecular flexibility index (Phi) is 5.25. The number of carbonyl (C=O) groups excluding carboxylic acids is 1. The summed E-state index contributed by atoms with van der Waals surface area (Å²) in [6.07, 6.45) is 1.07. The van der Waals surface area contributed by atoms with E-state index in [1.807, 2.05) is 6.92 Å². The van der Waals surface area contributed by atoms with Crippen molar-refractivity contribution in [3.05, 3.63) is 35.4 Å². The molecule has 2 atom stereocenters. The molecule has 116 valence electrons. The fourth-order valence-electron chi connectivity index (χ4n) is 2.74. The van der Waals surface area contributed by atoms with Gasteiger partial charge in [0.2, 0.25) is 5.91 Å². The van der Waals surface area contributed by atoms with Crippen LogP contribution in [0.15, 0.2) is 18.2 Å². The SMILES string of the molecule is CCCC(COC)N1C(=O)CNC1c1ccc(F)cc1F. The summed E-state index contributed by atoms with van der Waals surface area (Å²) < 4.78 is 32.2. The van der Waals surface area contributed by atoms with E-state index in [1.54, 1.807) is 12.0 Å². The average Bonchev–Trinajstić information content (AvgIpc) is 2.80. The zero-order valence-electron chi connectivity index (χ0n) is 12.2. The molecule has 4 nitrogen and oxygen atoms in total. The highest BCUT2D eigenvalue weighted by molar-refractivity contribution is 5.81. The van der Waals surface area contributed by atoms with Gasteiger partial charge in [0.15, 0.2) is 0 Å². The van der Waals surface area contributed by atoms with E-state index in [-0.39, 0.29) is 24.1 Å². The van der Waals surface area contributed by atoms with E-state index < -0.39 is 17.8 Å². The molecular formula is C15H20F2N2O2. The van der Waals surface area contributed by atoms with Crippen molar-refractivity contribution >= 4 is 5.91 Å². The molecule has 1 heterocycles. The van der Waals surface area contributed by atoms with Gasteiger partial charge in [-0.2, -0.15) is 0 Å². The minimum absolute atomic E-state index is 0.0979. The molecule has 0 radical (unpaired) electrons. The molecule has 1 aliphatic rings. The Labute approximate surface area is 123 Å². The van der Waals surface area contributed by atoms with Gasteiger partial charge in [0.1, 0.15) is 17.8 Å². The Morgan fingerprint density at radius 1 is 1.48 bits per heavy atom. The third kappa shape index (κ3) is 3.39. The van der Waals surface area contributed by atoms with Crippen LogP contribution >= 0.6 is 0 Å². The van der Waals surface area contributed by atoms with E-state index in [9.17, 15) is 13.6 Å². The Morgan fingerprint density at radius 3 is 2.86 bits per heavy atom. The smallest absolute Gasteiger partial charge is 0.238 e. The quantitative estimate of drug-likeness (QED) is 0.875. The summed E-state index contributed by atoms with van der Waals surface area (Å²) >= 11 is 0. The van der Waals surface area contributed by atoms with Crippen LogP contribution in [0.5, 0.6) is 0 Å². The van der Waals surface area contributed by atoms with Crippen LogP contribution in [0.4, 0.5) is 8.78 Å². The summed E-state index contributed by atoms with van der Waals surface area (Å²) in [6.45, 7) is 2.55. The molecule has 0 bridgehead atoms. The summed E-state index contributed by atoms with van der Waals surface area (Å²) in [5.41, 5.74) is 0.277. The first kappa shape index (κ1) is 15.9. The Bertz CT molecular complexity index is 504. The van der Waals surface area contributed by atoms with Gasteiger partial charge in [-0.1, -0.05) is 13.3 Å². The monoisotopic (exact) mass is 298 g/mol. The number of halogens is 2. The van der Waals surface area contributed by atoms with E-state index in [4.69, 9.17) is 4.74 Å². The minimum Gasteiger partial charge on any atom is -0.383 e. The lowest BCUT2D eigenvalue weighted by Gasteiger charge is -2.32.